The lowest BCUT2D eigenvalue weighted by Gasteiger charge is -1.71. The number of carbonyl (C=O) groups excluding carboxylic acids is 2. The zero-order valence-corrected chi connectivity index (χ0v) is 4.20. The molecule has 0 N–H and O–H groups in total. The second-order valence-corrected chi connectivity index (χ2v) is 1.82. The first kappa shape index (κ1) is 4.64. The topological polar surface area (TPSA) is 48.2 Å². The van der Waals surface area contributed by atoms with Gasteiger partial charge in [-0.3, -0.25) is 9.59 Å². The number of rotatable bonds is 0. The van der Waals surface area contributed by atoms with Crippen molar-refractivity contribution >= 4 is 23.6 Å². The summed E-state index contributed by atoms with van der Waals surface area (Å²) in [5.41, 5.74) is 0. The molecule has 7 heavy (non-hydrogen) atoms. The third-order valence-corrected chi connectivity index (χ3v) is 1.27. The first-order chi connectivity index (χ1) is 3.30. The first-order valence-corrected chi connectivity index (χ1v) is 2.65. The van der Waals surface area contributed by atoms with Gasteiger partial charge in [0, 0.05) is 0 Å². The molecule has 0 unspecified atom stereocenters. The number of carbonyl (C=O) groups is 2. The average Bonchev–Trinajstić information content (AvgIpc) is 1.91. The van der Waals surface area contributed by atoms with Crippen molar-refractivity contribution in [1.82, 2.24) is 4.72 Å². The van der Waals surface area contributed by atoms with Gasteiger partial charge in [-0.25, -0.2) is 0 Å². The molecule has 1 aliphatic heterocycles. The Kier molecular flexibility index (Phi) is 1.02. The zero-order valence-electron chi connectivity index (χ0n) is 3.38. The van der Waals surface area contributed by atoms with Gasteiger partial charge in [-0.1, -0.05) is 0 Å². The molecule has 1 aliphatic rings. The van der Waals surface area contributed by atoms with Crippen LogP contribution in [-0.4, -0.2) is 17.4 Å². The summed E-state index contributed by atoms with van der Waals surface area (Å²) >= 11 is 1.02. The third kappa shape index (κ3) is 0.742. The quantitative estimate of drug-likeness (QED) is 0.312. The minimum absolute atomic E-state index is 0.235. The summed E-state index contributed by atoms with van der Waals surface area (Å²) in [5, 5.41) is 0. The van der Waals surface area contributed by atoms with Gasteiger partial charge in [0.25, 0.3) is 0 Å². The number of nitrogens with zero attached hydrogens (tertiary/aromatic N) is 1. The number of amides is 1. The fraction of sp³-hybridized carbons (Fsp3) is 0.333. The van der Waals surface area contributed by atoms with Gasteiger partial charge in [0.2, 0.25) is 5.78 Å². The standard InChI is InChI=1S/C3H2NO2S/c5-2-1-7-4-3(2)6/h1H2. The molecular weight excluding hydrogens is 114 g/mol. The van der Waals surface area contributed by atoms with E-state index in [1.165, 1.54) is 0 Å². The molecule has 0 spiro atoms. The highest BCUT2D eigenvalue weighted by Gasteiger charge is 2.22. The lowest BCUT2D eigenvalue weighted by Crippen LogP contribution is -2.11. The molecule has 0 bridgehead atoms. The van der Waals surface area contributed by atoms with Gasteiger partial charge in [-0.05, 0) is 11.9 Å². The van der Waals surface area contributed by atoms with Gasteiger partial charge in [0.05, 0.1) is 5.75 Å². The van der Waals surface area contributed by atoms with Crippen LogP contribution in [0.15, 0.2) is 0 Å². The molecule has 1 rings (SSSR count). The van der Waals surface area contributed by atoms with E-state index in [9.17, 15) is 9.59 Å². The highest BCUT2D eigenvalue weighted by Crippen LogP contribution is 2.04. The van der Waals surface area contributed by atoms with E-state index in [4.69, 9.17) is 0 Å². The maximum atomic E-state index is 10.1. The number of ketones is 1. The van der Waals surface area contributed by atoms with Crippen LogP contribution < -0.4 is 4.72 Å². The Labute approximate surface area is 44.6 Å². The van der Waals surface area contributed by atoms with E-state index in [0.717, 1.165) is 11.9 Å². The van der Waals surface area contributed by atoms with E-state index in [2.05, 4.69) is 4.72 Å². The maximum absolute atomic E-state index is 10.1. The summed E-state index contributed by atoms with van der Waals surface area (Å²) in [4.78, 5) is 20.1. The summed E-state index contributed by atoms with van der Waals surface area (Å²) in [6, 6.07) is 0. The zero-order chi connectivity index (χ0) is 5.28. The molecule has 0 aliphatic carbocycles. The number of hydrogen-bond acceptors (Lipinski definition) is 3. The number of Topliss-reactive ketones (excluding diaryl/α,β-unsaturated/α-hetero) is 1. The van der Waals surface area contributed by atoms with Gasteiger partial charge < -0.3 is 0 Å². The van der Waals surface area contributed by atoms with Crippen LogP contribution >= 0.6 is 11.9 Å². The van der Waals surface area contributed by atoms with E-state index in [-0.39, 0.29) is 11.5 Å². The highest BCUT2D eigenvalue weighted by molar-refractivity contribution is 7.99. The van der Waals surface area contributed by atoms with Gasteiger partial charge >= 0.3 is 5.91 Å². The Hall–Kier alpha value is -0.510. The molecule has 1 fully saturated rings. The molecule has 0 aromatic rings. The SMILES string of the molecule is O=C1CS[N]C1=O. The monoisotopic (exact) mass is 116 g/mol. The Morgan fingerprint density at radius 1 is 1.57 bits per heavy atom. The van der Waals surface area contributed by atoms with Gasteiger partial charge in [-0.2, -0.15) is 4.72 Å². The third-order valence-electron chi connectivity index (χ3n) is 0.582. The van der Waals surface area contributed by atoms with Crippen LogP contribution in [0.2, 0.25) is 0 Å². The smallest absolute Gasteiger partial charge is 0.288 e. The second kappa shape index (κ2) is 1.54. The Bertz CT molecular complexity index is 108. The largest absolute Gasteiger partial charge is 0.320 e. The van der Waals surface area contributed by atoms with E-state index in [0.29, 0.717) is 0 Å². The van der Waals surface area contributed by atoms with E-state index in [1.54, 1.807) is 0 Å². The van der Waals surface area contributed by atoms with Crippen LogP contribution in [0.3, 0.4) is 0 Å². The Morgan fingerprint density at radius 2 is 2.29 bits per heavy atom. The van der Waals surface area contributed by atoms with Crippen LogP contribution in [0.1, 0.15) is 0 Å². The van der Waals surface area contributed by atoms with Crippen LogP contribution in [0.4, 0.5) is 0 Å². The van der Waals surface area contributed by atoms with Crippen molar-refractivity contribution in [2.24, 2.45) is 0 Å². The fourth-order valence-corrected chi connectivity index (χ4v) is 0.787. The van der Waals surface area contributed by atoms with Gasteiger partial charge in [-0.15, -0.1) is 0 Å². The molecule has 1 amide bonds. The van der Waals surface area contributed by atoms with Crippen LogP contribution in [0.5, 0.6) is 0 Å². The highest BCUT2D eigenvalue weighted by atomic mass is 32.2. The molecule has 1 heterocycles. The van der Waals surface area contributed by atoms with Crippen LogP contribution in [0.25, 0.3) is 0 Å². The molecule has 4 heteroatoms. The summed E-state index contributed by atoms with van der Waals surface area (Å²) in [6.07, 6.45) is 0. The van der Waals surface area contributed by atoms with Crippen molar-refractivity contribution in [3.05, 3.63) is 0 Å². The Morgan fingerprint density at radius 3 is 2.43 bits per heavy atom. The molecule has 1 saturated heterocycles. The normalized spacial score (nSPS) is 20.0. The molecule has 0 aromatic carbocycles. The Balaban J connectivity index is 2.65. The summed E-state index contributed by atoms with van der Waals surface area (Å²) in [5.74, 6) is -0.742. The summed E-state index contributed by atoms with van der Waals surface area (Å²) < 4.78 is 3.25. The second-order valence-electron chi connectivity index (χ2n) is 1.09. The lowest BCUT2D eigenvalue weighted by molar-refractivity contribution is -0.134. The molecular formula is C3H2NO2S. The van der Waals surface area contributed by atoms with Crippen molar-refractivity contribution in [2.45, 2.75) is 0 Å². The van der Waals surface area contributed by atoms with E-state index in [1.807, 2.05) is 0 Å². The predicted octanol–water partition coefficient (Wildman–Crippen LogP) is -0.652. The van der Waals surface area contributed by atoms with Crippen molar-refractivity contribution < 1.29 is 9.59 Å². The minimum Gasteiger partial charge on any atom is -0.288 e. The van der Waals surface area contributed by atoms with Gasteiger partial charge in [0.1, 0.15) is 0 Å². The van der Waals surface area contributed by atoms with Gasteiger partial charge in [0.15, 0.2) is 0 Å². The first-order valence-electron chi connectivity index (χ1n) is 1.71. The maximum Gasteiger partial charge on any atom is 0.320 e. The number of hydrogen-bond donors (Lipinski definition) is 0. The van der Waals surface area contributed by atoms with Crippen LogP contribution in [-0.2, 0) is 9.59 Å². The molecule has 0 aromatic heterocycles. The molecule has 0 atom stereocenters. The van der Waals surface area contributed by atoms with E-state index < -0.39 is 5.91 Å². The van der Waals surface area contributed by atoms with Crippen molar-refractivity contribution in [3.63, 3.8) is 0 Å². The van der Waals surface area contributed by atoms with Crippen molar-refractivity contribution in [1.29, 1.82) is 0 Å². The molecule has 0 saturated carbocycles. The van der Waals surface area contributed by atoms with E-state index >= 15 is 0 Å². The van der Waals surface area contributed by atoms with Crippen molar-refractivity contribution in [2.75, 3.05) is 5.75 Å². The molecule has 37 valence electrons. The average molecular weight is 116 g/mol. The predicted molar refractivity (Wildman–Crippen MR) is 24.6 cm³/mol. The fourth-order valence-electron chi connectivity index (χ4n) is 0.262. The van der Waals surface area contributed by atoms with Crippen LogP contribution in [0, 0.1) is 0 Å². The minimum atomic E-state index is -0.593. The molecule has 1 radical (unpaired) electrons. The summed E-state index contributed by atoms with van der Waals surface area (Å²) in [7, 11) is 0. The lowest BCUT2D eigenvalue weighted by atomic mass is 10.4. The molecule has 3 nitrogen and oxygen atoms in total. The van der Waals surface area contributed by atoms with Crippen molar-refractivity contribution in [3.8, 4) is 0 Å². The summed E-state index contributed by atoms with van der Waals surface area (Å²) in [6.45, 7) is 0.